The Bertz CT molecular complexity index is 411. The number of rotatable bonds is 1. The van der Waals surface area contributed by atoms with Crippen LogP contribution in [0.25, 0.3) is 0 Å². The van der Waals surface area contributed by atoms with Gasteiger partial charge < -0.3 is 14.4 Å². The molecule has 2 aliphatic heterocycles. The van der Waals surface area contributed by atoms with E-state index >= 15 is 0 Å². The normalized spacial score (nSPS) is 32.4. The van der Waals surface area contributed by atoms with Gasteiger partial charge in [-0.05, 0) is 19.3 Å². The lowest BCUT2D eigenvalue weighted by Gasteiger charge is -2.40. The molecule has 0 bridgehead atoms. The highest BCUT2D eigenvalue weighted by Crippen LogP contribution is 2.41. The number of alkyl halides is 3. The van der Waals surface area contributed by atoms with E-state index in [1.807, 2.05) is 0 Å². The standard InChI is InChI=1S/C15H22F3NO3/c16-15(17,18)12-3-1-2-11(10-12)13(20)19-6-4-14(5-7-19)21-8-9-22-14/h11-12H,1-10H2. The highest BCUT2D eigenvalue weighted by molar-refractivity contribution is 5.79. The minimum absolute atomic E-state index is 0.0586. The fraction of sp³-hybridized carbons (Fsp3) is 0.933. The minimum atomic E-state index is -4.18. The van der Waals surface area contributed by atoms with E-state index in [4.69, 9.17) is 9.47 Å². The second-order valence-corrected chi connectivity index (χ2v) is 6.53. The molecule has 0 N–H and O–H groups in total. The van der Waals surface area contributed by atoms with Gasteiger partial charge >= 0.3 is 6.18 Å². The molecule has 4 nitrogen and oxygen atoms in total. The van der Waals surface area contributed by atoms with E-state index in [-0.39, 0.29) is 18.7 Å². The fourth-order valence-electron chi connectivity index (χ4n) is 3.82. The fourth-order valence-corrected chi connectivity index (χ4v) is 3.82. The molecule has 2 heterocycles. The van der Waals surface area contributed by atoms with Gasteiger partial charge in [0.05, 0.1) is 19.1 Å². The van der Waals surface area contributed by atoms with Gasteiger partial charge in [-0.3, -0.25) is 4.79 Å². The molecule has 0 radical (unpaired) electrons. The van der Waals surface area contributed by atoms with E-state index in [0.29, 0.717) is 52.0 Å². The van der Waals surface area contributed by atoms with Crippen molar-refractivity contribution in [3.8, 4) is 0 Å². The molecule has 2 unspecified atom stereocenters. The summed E-state index contributed by atoms with van der Waals surface area (Å²) >= 11 is 0. The lowest BCUT2D eigenvalue weighted by molar-refractivity contribution is -0.193. The van der Waals surface area contributed by atoms with Crippen molar-refractivity contribution in [2.75, 3.05) is 26.3 Å². The molecule has 0 aromatic heterocycles. The van der Waals surface area contributed by atoms with E-state index in [0.717, 1.165) is 0 Å². The number of piperidine rings is 1. The highest BCUT2D eigenvalue weighted by atomic mass is 19.4. The van der Waals surface area contributed by atoms with Crippen LogP contribution in [-0.2, 0) is 14.3 Å². The zero-order valence-corrected chi connectivity index (χ0v) is 12.5. The van der Waals surface area contributed by atoms with Gasteiger partial charge in [-0.25, -0.2) is 0 Å². The minimum Gasteiger partial charge on any atom is -0.347 e. The van der Waals surface area contributed by atoms with Crippen molar-refractivity contribution in [2.24, 2.45) is 11.8 Å². The van der Waals surface area contributed by atoms with Gasteiger partial charge in [0.1, 0.15) is 0 Å². The van der Waals surface area contributed by atoms with Crippen molar-refractivity contribution in [1.29, 1.82) is 0 Å². The van der Waals surface area contributed by atoms with E-state index in [2.05, 4.69) is 0 Å². The second kappa shape index (κ2) is 6.00. The van der Waals surface area contributed by atoms with Crippen LogP contribution in [0.3, 0.4) is 0 Å². The number of amides is 1. The molecule has 126 valence electrons. The molecule has 0 aromatic rings. The van der Waals surface area contributed by atoms with Crippen molar-refractivity contribution in [2.45, 2.75) is 50.5 Å². The summed E-state index contributed by atoms with van der Waals surface area (Å²) < 4.78 is 49.8. The van der Waals surface area contributed by atoms with Crippen molar-refractivity contribution in [3.05, 3.63) is 0 Å². The molecule has 3 aliphatic rings. The van der Waals surface area contributed by atoms with Crippen molar-refractivity contribution in [1.82, 2.24) is 4.90 Å². The van der Waals surface area contributed by atoms with Crippen molar-refractivity contribution in [3.63, 3.8) is 0 Å². The summed E-state index contributed by atoms with van der Waals surface area (Å²) in [5.41, 5.74) is 0. The molecule has 1 amide bonds. The summed E-state index contributed by atoms with van der Waals surface area (Å²) in [6, 6.07) is 0. The van der Waals surface area contributed by atoms with Crippen LogP contribution in [0.15, 0.2) is 0 Å². The monoisotopic (exact) mass is 321 g/mol. The number of hydrogen-bond donors (Lipinski definition) is 0. The Morgan fingerprint density at radius 1 is 1.09 bits per heavy atom. The molecule has 2 saturated heterocycles. The zero-order valence-electron chi connectivity index (χ0n) is 12.5. The number of likely N-dealkylation sites (tertiary alicyclic amines) is 1. The predicted molar refractivity (Wildman–Crippen MR) is 72.0 cm³/mol. The molecule has 1 saturated carbocycles. The summed E-state index contributed by atoms with van der Waals surface area (Å²) in [7, 11) is 0. The Labute approximate surface area is 127 Å². The Kier molecular flexibility index (Phi) is 4.38. The van der Waals surface area contributed by atoms with E-state index < -0.39 is 23.8 Å². The molecule has 0 aromatic carbocycles. The van der Waals surface area contributed by atoms with Crippen LogP contribution in [-0.4, -0.2) is 49.1 Å². The van der Waals surface area contributed by atoms with Gasteiger partial charge in [0.15, 0.2) is 5.79 Å². The van der Waals surface area contributed by atoms with Gasteiger partial charge in [0, 0.05) is 31.8 Å². The molecule has 3 rings (SSSR count). The first kappa shape index (κ1) is 16.1. The topological polar surface area (TPSA) is 38.8 Å². The number of carbonyl (C=O) groups excluding carboxylic acids is 1. The molecule has 7 heteroatoms. The van der Waals surface area contributed by atoms with Crippen molar-refractivity contribution >= 4 is 5.91 Å². The first-order valence-corrected chi connectivity index (χ1v) is 8.03. The molecule has 2 atom stereocenters. The highest BCUT2D eigenvalue weighted by Gasteiger charge is 2.46. The van der Waals surface area contributed by atoms with Crippen LogP contribution in [0.1, 0.15) is 38.5 Å². The first-order chi connectivity index (χ1) is 10.4. The van der Waals surface area contributed by atoms with Gasteiger partial charge in [-0.2, -0.15) is 13.2 Å². The zero-order chi connectivity index (χ0) is 15.8. The summed E-state index contributed by atoms with van der Waals surface area (Å²) in [5, 5.41) is 0. The lowest BCUT2D eigenvalue weighted by atomic mass is 9.80. The number of ether oxygens (including phenoxy) is 2. The van der Waals surface area contributed by atoms with Crippen LogP contribution in [0.2, 0.25) is 0 Å². The Hall–Kier alpha value is -0.820. The Balaban J connectivity index is 1.55. The summed E-state index contributed by atoms with van der Waals surface area (Å²) in [5.74, 6) is -2.49. The van der Waals surface area contributed by atoms with E-state index in [1.54, 1.807) is 4.90 Å². The van der Waals surface area contributed by atoms with Gasteiger partial charge in [0.2, 0.25) is 5.91 Å². The number of hydrogen-bond acceptors (Lipinski definition) is 3. The number of carbonyl (C=O) groups is 1. The van der Waals surface area contributed by atoms with Crippen LogP contribution in [0.5, 0.6) is 0 Å². The molecule has 1 aliphatic carbocycles. The third kappa shape index (κ3) is 3.25. The second-order valence-electron chi connectivity index (χ2n) is 6.53. The maximum Gasteiger partial charge on any atom is 0.391 e. The largest absolute Gasteiger partial charge is 0.391 e. The van der Waals surface area contributed by atoms with E-state index in [1.165, 1.54) is 0 Å². The summed E-state index contributed by atoms with van der Waals surface area (Å²) in [6.07, 6.45) is -1.83. The van der Waals surface area contributed by atoms with E-state index in [9.17, 15) is 18.0 Å². The SMILES string of the molecule is O=C(C1CCCC(C(F)(F)F)C1)N1CCC2(CC1)OCCO2. The van der Waals surface area contributed by atoms with Gasteiger partial charge in [-0.15, -0.1) is 0 Å². The quantitative estimate of drug-likeness (QED) is 0.745. The lowest BCUT2D eigenvalue weighted by Crippen LogP contribution is -2.49. The number of halogens is 3. The maximum absolute atomic E-state index is 12.9. The molecular formula is C15H22F3NO3. The Morgan fingerprint density at radius 3 is 2.32 bits per heavy atom. The average molecular weight is 321 g/mol. The molecule has 3 fully saturated rings. The maximum atomic E-state index is 12.9. The molecule has 1 spiro atoms. The smallest absolute Gasteiger partial charge is 0.347 e. The van der Waals surface area contributed by atoms with Gasteiger partial charge in [0.25, 0.3) is 0 Å². The van der Waals surface area contributed by atoms with Crippen LogP contribution in [0.4, 0.5) is 13.2 Å². The third-order valence-electron chi connectivity index (χ3n) is 5.14. The number of nitrogens with zero attached hydrogens (tertiary/aromatic N) is 1. The third-order valence-corrected chi connectivity index (χ3v) is 5.14. The predicted octanol–water partition coefficient (Wildman–Crippen LogP) is 2.72. The molecule has 22 heavy (non-hydrogen) atoms. The Morgan fingerprint density at radius 2 is 1.73 bits per heavy atom. The van der Waals surface area contributed by atoms with Crippen LogP contribution in [0, 0.1) is 11.8 Å². The van der Waals surface area contributed by atoms with Crippen LogP contribution < -0.4 is 0 Å². The average Bonchev–Trinajstić information content (AvgIpc) is 2.95. The summed E-state index contributed by atoms with van der Waals surface area (Å²) in [4.78, 5) is 14.2. The van der Waals surface area contributed by atoms with Crippen LogP contribution >= 0.6 is 0 Å². The summed E-state index contributed by atoms with van der Waals surface area (Å²) in [6.45, 7) is 2.16. The van der Waals surface area contributed by atoms with Gasteiger partial charge in [-0.1, -0.05) is 6.42 Å². The first-order valence-electron chi connectivity index (χ1n) is 8.03. The molecular weight excluding hydrogens is 299 g/mol. The van der Waals surface area contributed by atoms with Crippen molar-refractivity contribution < 1.29 is 27.4 Å².